The first-order valence-corrected chi connectivity index (χ1v) is 4.62. The van der Waals surface area contributed by atoms with E-state index in [0.29, 0.717) is 0 Å². The van der Waals surface area contributed by atoms with Gasteiger partial charge in [-0.15, -0.1) is 0 Å². The molecule has 0 nitrogen and oxygen atoms in total. The maximum absolute atomic E-state index is 3.56. The molecule has 1 aromatic carbocycles. The molecular weight excluding hydrogens is 271 g/mol. The second-order valence-corrected chi connectivity index (χ2v) is 3.21. The maximum atomic E-state index is 3.56. The van der Waals surface area contributed by atoms with Crippen LogP contribution >= 0.6 is 0 Å². The fraction of sp³-hybridized carbons (Fsp3) is 0.0714. The van der Waals surface area contributed by atoms with E-state index in [1.54, 1.807) is 6.08 Å². The van der Waals surface area contributed by atoms with Crippen molar-refractivity contribution in [3.05, 3.63) is 72.7 Å². The Kier molecular flexibility index (Phi) is 6.91. The van der Waals surface area contributed by atoms with Crippen molar-refractivity contribution in [3.8, 4) is 0 Å². The van der Waals surface area contributed by atoms with E-state index in [4.69, 9.17) is 0 Å². The molecular formula is C14H15Rh. The van der Waals surface area contributed by atoms with Crippen molar-refractivity contribution in [1.82, 2.24) is 0 Å². The van der Waals surface area contributed by atoms with Crippen LogP contribution in [-0.2, 0) is 19.5 Å². The molecule has 0 saturated carbocycles. The molecule has 0 spiro atoms. The molecule has 0 bridgehead atoms. The smallest absolute Gasteiger partial charge is 0.0131 e. The van der Waals surface area contributed by atoms with Gasteiger partial charge in [0, 0.05) is 25.9 Å². The molecule has 1 heteroatoms. The Morgan fingerprint density at radius 2 is 1.73 bits per heavy atom. The zero-order valence-electron chi connectivity index (χ0n) is 8.87. The van der Waals surface area contributed by atoms with Gasteiger partial charge in [0.05, 0.1) is 0 Å². The average Bonchev–Trinajstić information content (AvgIpc) is 2.66. The summed E-state index contributed by atoms with van der Waals surface area (Å²) in [6.45, 7) is 8.93. The Balaban J connectivity index is 0.000000289. The molecule has 0 fully saturated rings. The summed E-state index contributed by atoms with van der Waals surface area (Å²) in [6, 6.07) is 8.36. The third kappa shape index (κ3) is 4.90. The van der Waals surface area contributed by atoms with Gasteiger partial charge in [-0.25, -0.2) is 0 Å². The van der Waals surface area contributed by atoms with E-state index in [0.717, 1.165) is 5.57 Å². The molecule has 1 aromatic rings. The van der Waals surface area contributed by atoms with Crippen LogP contribution in [-0.4, -0.2) is 0 Å². The molecule has 0 heterocycles. The number of rotatable bonds is 1. The van der Waals surface area contributed by atoms with Gasteiger partial charge in [-0.3, -0.25) is 0 Å². The van der Waals surface area contributed by atoms with Gasteiger partial charge in [-0.05, 0) is 18.1 Å². The van der Waals surface area contributed by atoms with E-state index in [1.165, 1.54) is 11.1 Å². The summed E-state index contributed by atoms with van der Waals surface area (Å²) in [5.74, 6) is 0. The van der Waals surface area contributed by atoms with Crippen molar-refractivity contribution in [1.29, 1.82) is 0 Å². The molecule has 0 unspecified atom stereocenters. The molecule has 0 N–H and O–H groups in total. The Bertz CT molecular complexity index is 361. The summed E-state index contributed by atoms with van der Waals surface area (Å²) in [5, 5.41) is 0. The number of hydrogen-bond donors (Lipinski definition) is 0. The van der Waals surface area contributed by atoms with Gasteiger partial charge in [-0.1, -0.05) is 61.2 Å². The van der Waals surface area contributed by atoms with Crippen molar-refractivity contribution >= 4 is 6.08 Å². The Hall–Kier alpha value is -0.937. The standard InChI is InChI=1S/C9H7.C5H8.Rh/c1-2-5-9-7-3-6-8(9)4-1;1-4-5(2)3;/h1-7H;4H,1-2H2,3H3;. The topological polar surface area (TPSA) is 0 Å². The number of fused-ring (bicyclic) bond motifs is 1. The van der Waals surface area contributed by atoms with Gasteiger partial charge >= 0.3 is 0 Å². The fourth-order valence-electron chi connectivity index (χ4n) is 1.07. The molecule has 0 amide bonds. The van der Waals surface area contributed by atoms with Crippen LogP contribution in [0.3, 0.4) is 0 Å². The van der Waals surface area contributed by atoms with Gasteiger partial charge in [0.1, 0.15) is 0 Å². The van der Waals surface area contributed by atoms with Gasteiger partial charge in [0.25, 0.3) is 0 Å². The van der Waals surface area contributed by atoms with Crippen LogP contribution in [0.5, 0.6) is 0 Å². The molecule has 0 atom stereocenters. The summed E-state index contributed by atoms with van der Waals surface area (Å²) in [7, 11) is 0. The second-order valence-electron chi connectivity index (χ2n) is 3.21. The van der Waals surface area contributed by atoms with E-state index in [2.05, 4.69) is 56.0 Å². The van der Waals surface area contributed by atoms with Crippen molar-refractivity contribution in [2.24, 2.45) is 0 Å². The quantitative estimate of drug-likeness (QED) is 0.540. The van der Waals surface area contributed by atoms with Gasteiger partial charge in [0.2, 0.25) is 0 Å². The van der Waals surface area contributed by atoms with Crippen LogP contribution in [0.4, 0.5) is 0 Å². The van der Waals surface area contributed by atoms with Gasteiger partial charge in [-0.2, -0.15) is 0 Å². The summed E-state index contributed by atoms with van der Waals surface area (Å²) >= 11 is 0. The first-order valence-electron chi connectivity index (χ1n) is 4.62. The van der Waals surface area contributed by atoms with E-state index in [1.807, 2.05) is 6.92 Å². The Morgan fingerprint density at radius 3 is 2.20 bits per heavy atom. The SMILES string of the molecule is C=CC(=C)C.[CH]1C=Cc2ccccc21.[Rh]. The average molecular weight is 286 g/mol. The zero-order valence-corrected chi connectivity index (χ0v) is 10.5. The third-order valence-electron chi connectivity index (χ3n) is 1.90. The van der Waals surface area contributed by atoms with Crippen molar-refractivity contribution in [2.45, 2.75) is 6.92 Å². The molecule has 15 heavy (non-hydrogen) atoms. The zero-order chi connectivity index (χ0) is 10.4. The van der Waals surface area contributed by atoms with Crippen LogP contribution in [0.1, 0.15) is 18.1 Å². The summed E-state index contributed by atoms with van der Waals surface area (Å²) in [6.07, 6.45) is 8.04. The second kappa shape index (κ2) is 7.37. The minimum Gasteiger partial charge on any atom is -0.0988 e. The van der Waals surface area contributed by atoms with Gasteiger partial charge < -0.3 is 0 Å². The monoisotopic (exact) mass is 286 g/mol. The molecule has 0 aliphatic heterocycles. The minimum absolute atomic E-state index is 0. The molecule has 80 valence electrons. The van der Waals surface area contributed by atoms with Crippen LogP contribution in [0.2, 0.25) is 0 Å². The molecule has 0 saturated heterocycles. The third-order valence-corrected chi connectivity index (χ3v) is 1.90. The largest absolute Gasteiger partial charge is 0.0988 e. The van der Waals surface area contributed by atoms with Gasteiger partial charge in [0.15, 0.2) is 0 Å². The number of allylic oxidation sites excluding steroid dienone is 3. The fourth-order valence-corrected chi connectivity index (χ4v) is 1.07. The summed E-state index contributed by atoms with van der Waals surface area (Å²) < 4.78 is 0. The van der Waals surface area contributed by atoms with Crippen LogP contribution in [0.25, 0.3) is 6.08 Å². The summed E-state index contributed by atoms with van der Waals surface area (Å²) in [5.41, 5.74) is 3.68. The Morgan fingerprint density at radius 1 is 1.20 bits per heavy atom. The normalized spacial score (nSPS) is 10.5. The van der Waals surface area contributed by atoms with Crippen molar-refractivity contribution < 1.29 is 19.5 Å². The molecule has 0 aromatic heterocycles. The predicted molar refractivity (Wildman–Crippen MR) is 63.9 cm³/mol. The number of benzene rings is 1. The number of hydrogen-bond acceptors (Lipinski definition) is 0. The van der Waals surface area contributed by atoms with E-state index in [9.17, 15) is 0 Å². The van der Waals surface area contributed by atoms with E-state index < -0.39 is 0 Å². The Labute approximate surface area is 105 Å². The molecule has 1 aliphatic carbocycles. The van der Waals surface area contributed by atoms with Crippen LogP contribution in [0.15, 0.2) is 55.1 Å². The van der Waals surface area contributed by atoms with Crippen LogP contribution in [0, 0.1) is 6.42 Å². The first kappa shape index (κ1) is 14.1. The van der Waals surface area contributed by atoms with E-state index in [-0.39, 0.29) is 19.5 Å². The molecule has 2 radical (unpaired) electrons. The van der Waals surface area contributed by atoms with E-state index >= 15 is 0 Å². The van der Waals surface area contributed by atoms with Crippen LogP contribution < -0.4 is 0 Å². The predicted octanol–water partition coefficient (Wildman–Crippen LogP) is 4.01. The maximum Gasteiger partial charge on any atom is 0.0131 e. The first-order chi connectivity index (χ1) is 6.74. The minimum atomic E-state index is 0. The molecule has 2 rings (SSSR count). The molecule has 1 aliphatic rings. The van der Waals surface area contributed by atoms with Crippen molar-refractivity contribution in [3.63, 3.8) is 0 Å². The van der Waals surface area contributed by atoms with Crippen molar-refractivity contribution in [2.75, 3.05) is 0 Å². The summed E-state index contributed by atoms with van der Waals surface area (Å²) in [4.78, 5) is 0.